The molecule has 0 spiro atoms. The van der Waals surface area contributed by atoms with Gasteiger partial charge in [0.1, 0.15) is 0 Å². The van der Waals surface area contributed by atoms with Crippen LogP contribution in [0.4, 0.5) is 0 Å². The van der Waals surface area contributed by atoms with Crippen LogP contribution in [0.1, 0.15) is 10.4 Å². The average Bonchev–Trinajstić information content (AvgIpc) is 2.58. The molecule has 74 valence electrons. The maximum Gasteiger partial charge on any atom is 0.278 e. The Bertz CT molecular complexity index is 416. The van der Waals surface area contributed by atoms with Crippen LogP contribution in [0.5, 0.6) is 0 Å². The zero-order valence-electron chi connectivity index (χ0n) is 8.08. The van der Waals surface area contributed by atoms with Crippen molar-refractivity contribution in [3.8, 4) is 0 Å². The molecule has 0 radical (unpaired) electrons. The third kappa shape index (κ3) is 2.20. The summed E-state index contributed by atoms with van der Waals surface area (Å²) in [6.45, 7) is 0. The van der Waals surface area contributed by atoms with E-state index < -0.39 is 0 Å². The van der Waals surface area contributed by atoms with Crippen molar-refractivity contribution in [2.45, 2.75) is 0 Å². The molecule has 0 aromatic heterocycles. The standard InChI is InChI=1S/C12H10N2O/c15-12(11-7-3-1-4-8-11)14-10-6-2-5-9-13-14/h1-10H. The van der Waals surface area contributed by atoms with Gasteiger partial charge in [0.15, 0.2) is 0 Å². The molecule has 0 unspecified atom stereocenters. The van der Waals surface area contributed by atoms with Crippen molar-refractivity contribution >= 4 is 12.1 Å². The Kier molecular flexibility index (Phi) is 2.74. The lowest BCUT2D eigenvalue weighted by atomic mass is 10.2. The molecule has 1 amide bonds. The average molecular weight is 198 g/mol. The monoisotopic (exact) mass is 198 g/mol. The number of nitrogens with zero attached hydrogens (tertiary/aromatic N) is 2. The summed E-state index contributed by atoms with van der Waals surface area (Å²) in [5.41, 5.74) is 0.626. The van der Waals surface area contributed by atoms with E-state index in [1.807, 2.05) is 24.3 Å². The largest absolute Gasteiger partial charge is 0.278 e. The van der Waals surface area contributed by atoms with Gasteiger partial charge in [0.25, 0.3) is 5.91 Å². The van der Waals surface area contributed by atoms with E-state index >= 15 is 0 Å². The fourth-order valence-electron chi connectivity index (χ4n) is 1.23. The molecule has 0 aliphatic carbocycles. The van der Waals surface area contributed by atoms with Crippen molar-refractivity contribution in [3.05, 3.63) is 60.3 Å². The van der Waals surface area contributed by atoms with Crippen molar-refractivity contribution in [2.75, 3.05) is 0 Å². The Morgan fingerprint density at radius 3 is 2.67 bits per heavy atom. The molecule has 0 atom stereocenters. The van der Waals surface area contributed by atoms with Gasteiger partial charge < -0.3 is 0 Å². The van der Waals surface area contributed by atoms with Gasteiger partial charge in [-0.25, -0.2) is 5.01 Å². The molecule has 1 aromatic carbocycles. The summed E-state index contributed by atoms with van der Waals surface area (Å²) in [4.78, 5) is 11.9. The van der Waals surface area contributed by atoms with Crippen LogP contribution >= 0.6 is 0 Å². The second-order valence-corrected chi connectivity index (χ2v) is 3.01. The molecule has 1 aliphatic rings. The second kappa shape index (κ2) is 4.37. The van der Waals surface area contributed by atoms with Gasteiger partial charge in [0.05, 0.1) is 0 Å². The first kappa shape index (κ1) is 9.40. The van der Waals surface area contributed by atoms with Crippen LogP contribution in [-0.2, 0) is 0 Å². The van der Waals surface area contributed by atoms with Crippen LogP contribution in [-0.4, -0.2) is 17.1 Å². The Labute approximate surface area is 88.0 Å². The maximum absolute atomic E-state index is 11.9. The molecule has 3 nitrogen and oxygen atoms in total. The normalized spacial score (nSPS) is 14.0. The summed E-state index contributed by atoms with van der Waals surface area (Å²) in [7, 11) is 0. The SMILES string of the molecule is O=C(c1ccccc1)N1C=CC=CC=N1. The van der Waals surface area contributed by atoms with Crippen LogP contribution in [0.25, 0.3) is 0 Å². The minimum absolute atomic E-state index is 0.133. The zero-order chi connectivity index (χ0) is 10.5. The summed E-state index contributed by atoms with van der Waals surface area (Å²) >= 11 is 0. The number of rotatable bonds is 1. The predicted molar refractivity (Wildman–Crippen MR) is 59.4 cm³/mol. The van der Waals surface area contributed by atoms with Crippen LogP contribution in [0.2, 0.25) is 0 Å². The second-order valence-electron chi connectivity index (χ2n) is 3.01. The molecular formula is C12H10N2O. The minimum atomic E-state index is -0.133. The Balaban J connectivity index is 2.22. The van der Waals surface area contributed by atoms with Gasteiger partial charge >= 0.3 is 0 Å². The number of allylic oxidation sites excluding steroid dienone is 3. The molecule has 0 N–H and O–H groups in total. The fraction of sp³-hybridized carbons (Fsp3) is 0. The predicted octanol–water partition coefficient (Wildman–Crippen LogP) is 2.20. The summed E-state index contributed by atoms with van der Waals surface area (Å²) < 4.78 is 0. The van der Waals surface area contributed by atoms with E-state index in [-0.39, 0.29) is 5.91 Å². The highest BCUT2D eigenvalue weighted by Crippen LogP contribution is 2.06. The molecule has 1 aromatic rings. The van der Waals surface area contributed by atoms with Crippen molar-refractivity contribution in [1.82, 2.24) is 5.01 Å². The van der Waals surface area contributed by atoms with Crippen molar-refractivity contribution in [2.24, 2.45) is 5.10 Å². The summed E-state index contributed by atoms with van der Waals surface area (Å²) in [6.07, 6.45) is 8.58. The smallest absolute Gasteiger partial charge is 0.267 e. The van der Waals surface area contributed by atoms with E-state index in [0.29, 0.717) is 5.56 Å². The Hall–Kier alpha value is -2.16. The fourth-order valence-corrected chi connectivity index (χ4v) is 1.23. The zero-order valence-corrected chi connectivity index (χ0v) is 8.08. The van der Waals surface area contributed by atoms with Gasteiger partial charge in [-0.05, 0) is 24.3 Å². The van der Waals surface area contributed by atoms with E-state index in [0.717, 1.165) is 0 Å². The molecule has 0 bridgehead atoms. The third-order valence-electron chi connectivity index (χ3n) is 1.96. The van der Waals surface area contributed by atoms with E-state index in [4.69, 9.17) is 0 Å². The van der Waals surface area contributed by atoms with Crippen LogP contribution in [0.15, 0.2) is 59.9 Å². The van der Waals surface area contributed by atoms with Crippen molar-refractivity contribution in [1.29, 1.82) is 0 Å². The van der Waals surface area contributed by atoms with Crippen LogP contribution in [0, 0.1) is 0 Å². The number of carbonyl (C=O) groups excluding carboxylic acids is 1. The molecule has 0 fully saturated rings. The number of carbonyl (C=O) groups is 1. The summed E-state index contributed by atoms with van der Waals surface area (Å²) in [5.74, 6) is -0.133. The molecule has 0 saturated carbocycles. The Morgan fingerprint density at radius 1 is 1.07 bits per heavy atom. The number of amides is 1. The lowest BCUT2D eigenvalue weighted by Crippen LogP contribution is -2.19. The maximum atomic E-state index is 11.9. The molecule has 1 aliphatic heterocycles. The third-order valence-corrected chi connectivity index (χ3v) is 1.96. The number of hydrogen-bond acceptors (Lipinski definition) is 2. The topological polar surface area (TPSA) is 32.7 Å². The van der Waals surface area contributed by atoms with Gasteiger partial charge in [0, 0.05) is 18.0 Å². The van der Waals surface area contributed by atoms with Gasteiger partial charge in [-0.2, -0.15) is 5.10 Å². The highest BCUT2D eigenvalue weighted by atomic mass is 16.2. The lowest BCUT2D eigenvalue weighted by molar-refractivity contribution is 0.0827. The quantitative estimate of drug-likeness (QED) is 0.680. The van der Waals surface area contributed by atoms with E-state index in [1.165, 1.54) is 5.01 Å². The first-order valence-corrected chi connectivity index (χ1v) is 4.64. The van der Waals surface area contributed by atoms with Gasteiger partial charge in [-0.1, -0.05) is 24.3 Å². The molecule has 2 rings (SSSR count). The first-order chi connectivity index (χ1) is 7.38. The van der Waals surface area contributed by atoms with Gasteiger partial charge in [0.2, 0.25) is 0 Å². The van der Waals surface area contributed by atoms with Crippen molar-refractivity contribution in [3.63, 3.8) is 0 Å². The number of benzene rings is 1. The number of hydrazone groups is 1. The van der Waals surface area contributed by atoms with E-state index in [2.05, 4.69) is 5.10 Å². The molecule has 3 heteroatoms. The molecular weight excluding hydrogens is 188 g/mol. The summed E-state index contributed by atoms with van der Waals surface area (Å²) in [6, 6.07) is 9.07. The van der Waals surface area contributed by atoms with E-state index in [9.17, 15) is 4.79 Å². The highest BCUT2D eigenvalue weighted by molar-refractivity contribution is 5.95. The van der Waals surface area contributed by atoms with Gasteiger partial charge in [-0.3, -0.25) is 4.79 Å². The van der Waals surface area contributed by atoms with Crippen molar-refractivity contribution < 1.29 is 4.79 Å². The van der Waals surface area contributed by atoms with Crippen LogP contribution < -0.4 is 0 Å². The van der Waals surface area contributed by atoms with Crippen LogP contribution in [0.3, 0.4) is 0 Å². The summed E-state index contributed by atoms with van der Waals surface area (Å²) in [5, 5.41) is 5.30. The lowest BCUT2D eigenvalue weighted by Gasteiger charge is -2.10. The molecule has 1 heterocycles. The highest BCUT2D eigenvalue weighted by Gasteiger charge is 2.11. The minimum Gasteiger partial charge on any atom is -0.267 e. The van der Waals surface area contributed by atoms with E-state index in [1.54, 1.807) is 36.7 Å². The van der Waals surface area contributed by atoms with Gasteiger partial charge in [-0.15, -0.1) is 0 Å². The molecule has 15 heavy (non-hydrogen) atoms. The number of hydrogen-bond donors (Lipinski definition) is 0. The first-order valence-electron chi connectivity index (χ1n) is 4.64. The molecule has 0 saturated heterocycles. The Morgan fingerprint density at radius 2 is 1.87 bits per heavy atom.